The molecule has 0 saturated carbocycles. The molecule has 0 aliphatic carbocycles. The van der Waals surface area contributed by atoms with Gasteiger partial charge in [-0.05, 0) is 29.1 Å². The lowest BCUT2D eigenvalue weighted by molar-refractivity contribution is -0.117. The van der Waals surface area contributed by atoms with Crippen molar-refractivity contribution in [2.24, 2.45) is 0 Å². The van der Waals surface area contributed by atoms with Crippen LogP contribution in [-0.4, -0.2) is 19.0 Å². The molecule has 0 bridgehead atoms. The first-order chi connectivity index (χ1) is 10.1. The summed E-state index contributed by atoms with van der Waals surface area (Å²) in [6, 6.07) is 11.7. The standard InChI is InChI=1S/C15H17NO3S2/c1-11(17)16-21(13-6-4-3-5-7-13)10-12-8-9-20-14(12)15(18)19-2/h3-9,21H,10H2,1-2H3,(H,16,17). The predicted molar refractivity (Wildman–Crippen MR) is 86.9 cm³/mol. The molecule has 1 aromatic heterocycles. The summed E-state index contributed by atoms with van der Waals surface area (Å²) >= 11 is 0.469. The zero-order chi connectivity index (χ0) is 15.2. The van der Waals surface area contributed by atoms with Gasteiger partial charge in [-0.3, -0.25) is 4.79 Å². The largest absolute Gasteiger partial charge is 0.465 e. The minimum absolute atomic E-state index is 0.0696. The molecular formula is C15H17NO3S2. The third-order valence-electron chi connectivity index (χ3n) is 2.81. The smallest absolute Gasteiger partial charge is 0.348 e. The fourth-order valence-electron chi connectivity index (χ4n) is 1.90. The van der Waals surface area contributed by atoms with Crippen LogP contribution in [0.1, 0.15) is 22.2 Å². The van der Waals surface area contributed by atoms with E-state index < -0.39 is 11.1 Å². The van der Waals surface area contributed by atoms with Gasteiger partial charge in [-0.15, -0.1) is 22.4 Å². The molecule has 0 fully saturated rings. The van der Waals surface area contributed by atoms with Gasteiger partial charge in [-0.25, -0.2) is 4.79 Å². The van der Waals surface area contributed by atoms with Crippen molar-refractivity contribution in [2.45, 2.75) is 17.6 Å². The van der Waals surface area contributed by atoms with Crippen LogP contribution in [-0.2, 0) is 15.3 Å². The van der Waals surface area contributed by atoms with Crippen LogP contribution in [0.5, 0.6) is 0 Å². The third-order valence-corrected chi connectivity index (χ3v) is 5.91. The van der Waals surface area contributed by atoms with Crippen molar-refractivity contribution in [2.75, 3.05) is 7.11 Å². The Bertz CT molecular complexity index is 625. The van der Waals surface area contributed by atoms with E-state index in [1.165, 1.54) is 25.4 Å². The molecular weight excluding hydrogens is 306 g/mol. The highest BCUT2D eigenvalue weighted by Gasteiger charge is 2.17. The van der Waals surface area contributed by atoms with Crippen molar-refractivity contribution in [3.63, 3.8) is 0 Å². The molecule has 1 N–H and O–H groups in total. The summed E-state index contributed by atoms with van der Waals surface area (Å²) in [4.78, 5) is 24.9. The first kappa shape index (κ1) is 15.6. The zero-order valence-electron chi connectivity index (χ0n) is 11.8. The van der Waals surface area contributed by atoms with Gasteiger partial charge >= 0.3 is 5.97 Å². The summed E-state index contributed by atoms with van der Waals surface area (Å²) in [6.07, 6.45) is 0. The van der Waals surface area contributed by atoms with E-state index in [0.29, 0.717) is 10.6 Å². The van der Waals surface area contributed by atoms with Crippen LogP contribution in [0.2, 0.25) is 0 Å². The van der Waals surface area contributed by atoms with Gasteiger partial charge < -0.3 is 9.46 Å². The number of carbonyl (C=O) groups excluding carboxylic acids is 2. The molecule has 1 aromatic carbocycles. The highest BCUT2D eigenvalue weighted by Crippen LogP contribution is 2.37. The van der Waals surface area contributed by atoms with Crippen molar-refractivity contribution < 1.29 is 14.3 Å². The second-order valence-corrected chi connectivity index (χ2v) is 7.18. The molecule has 0 spiro atoms. The van der Waals surface area contributed by atoms with Gasteiger partial charge in [0.1, 0.15) is 4.88 Å². The number of hydrogen-bond acceptors (Lipinski definition) is 4. The molecule has 1 unspecified atom stereocenters. The number of benzene rings is 1. The molecule has 2 rings (SSSR count). The Morgan fingerprint density at radius 3 is 2.57 bits per heavy atom. The van der Waals surface area contributed by atoms with Crippen LogP contribution in [0, 0.1) is 0 Å². The highest BCUT2D eigenvalue weighted by atomic mass is 32.2. The predicted octanol–water partition coefficient (Wildman–Crippen LogP) is 3.15. The van der Waals surface area contributed by atoms with E-state index in [1.54, 1.807) is 0 Å². The van der Waals surface area contributed by atoms with Crippen LogP contribution < -0.4 is 4.72 Å². The Morgan fingerprint density at radius 1 is 1.24 bits per heavy atom. The first-order valence-electron chi connectivity index (χ1n) is 6.36. The van der Waals surface area contributed by atoms with Crippen LogP contribution in [0.15, 0.2) is 46.7 Å². The molecule has 0 aliphatic heterocycles. The number of methoxy groups -OCH3 is 1. The van der Waals surface area contributed by atoms with Crippen molar-refractivity contribution in [3.05, 3.63) is 52.2 Å². The number of thiol groups is 1. The minimum atomic E-state index is -0.892. The molecule has 0 radical (unpaired) electrons. The number of esters is 1. The van der Waals surface area contributed by atoms with Gasteiger partial charge in [0.05, 0.1) is 7.11 Å². The van der Waals surface area contributed by atoms with E-state index in [-0.39, 0.29) is 11.9 Å². The number of thiophene rings is 1. The normalized spacial score (nSPS) is 12.6. The van der Waals surface area contributed by atoms with Crippen molar-refractivity contribution in [3.8, 4) is 0 Å². The summed E-state index contributed by atoms with van der Waals surface area (Å²) < 4.78 is 7.79. The lowest BCUT2D eigenvalue weighted by Crippen LogP contribution is -2.18. The van der Waals surface area contributed by atoms with Gasteiger partial charge in [0.15, 0.2) is 0 Å². The summed E-state index contributed by atoms with van der Waals surface area (Å²) in [5.41, 5.74) is 0.913. The second kappa shape index (κ2) is 7.28. The summed E-state index contributed by atoms with van der Waals surface area (Å²) in [5, 5.41) is 1.87. The average Bonchev–Trinajstić information content (AvgIpc) is 2.94. The van der Waals surface area contributed by atoms with Gasteiger partial charge in [0, 0.05) is 17.6 Å². The number of hydrogen-bond donors (Lipinski definition) is 2. The van der Waals surface area contributed by atoms with Gasteiger partial charge in [0.2, 0.25) is 5.91 Å². The SMILES string of the molecule is COC(=O)c1sccc1C[SH](NC(C)=O)c1ccccc1. The third kappa shape index (κ3) is 4.09. The van der Waals surface area contributed by atoms with Crippen LogP contribution in [0.25, 0.3) is 0 Å². The van der Waals surface area contributed by atoms with E-state index in [4.69, 9.17) is 4.74 Å². The number of carbonyl (C=O) groups is 2. The molecule has 6 heteroatoms. The highest BCUT2D eigenvalue weighted by molar-refractivity contribution is 8.15. The van der Waals surface area contributed by atoms with Crippen LogP contribution >= 0.6 is 22.4 Å². The average molecular weight is 323 g/mol. The number of ether oxygens (including phenoxy) is 1. The van der Waals surface area contributed by atoms with Crippen molar-refractivity contribution >= 4 is 34.3 Å². The molecule has 0 aliphatic rings. The van der Waals surface area contributed by atoms with E-state index in [1.807, 2.05) is 41.8 Å². The van der Waals surface area contributed by atoms with Crippen LogP contribution in [0.3, 0.4) is 0 Å². The Hall–Kier alpha value is -1.79. The lowest BCUT2D eigenvalue weighted by atomic mass is 10.3. The first-order valence-corrected chi connectivity index (χ1v) is 8.77. The maximum atomic E-state index is 11.7. The summed E-state index contributed by atoms with van der Waals surface area (Å²) in [7, 11) is 1.37. The van der Waals surface area contributed by atoms with E-state index in [0.717, 1.165) is 10.5 Å². The van der Waals surface area contributed by atoms with Gasteiger partial charge in [-0.2, -0.15) is 0 Å². The second-order valence-electron chi connectivity index (χ2n) is 4.36. The summed E-state index contributed by atoms with van der Waals surface area (Å²) in [5.74, 6) is 0.220. The van der Waals surface area contributed by atoms with E-state index in [9.17, 15) is 9.59 Å². The fourth-order valence-corrected chi connectivity index (χ4v) is 4.75. The fraction of sp³-hybridized carbons (Fsp3) is 0.200. The molecule has 2 aromatic rings. The molecule has 1 amide bonds. The minimum Gasteiger partial charge on any atom is -0.465 e. The number of rotatable bonds is 5. The quantitative estimate of drug-likeness (QED) is 0.656. The number of amides is 1. The molecule has 112 valence electrons. The molecule has 21 heavy (non-hydrogen) atoms. The molecule has 4 nitrogen and oxygen atoms in total. The maximum Gasteiger partial charge on any atom is 0.348 e. The van der Waals surface area contributed by atoms with E-state index in [2.05, 4.69) is 4.72 Å². The van der Waals surface area contributed by atoms with Gasteiger partial charge in [0.25, 0.3) is 0 Å². The molecule has 0 saturated heterocycles. The topological polar surface area (TPSA) is 55.4 Å². The van der Waals surface area contributed by atoms with Crippen LogP contribution in [0.4, 0.5) is 0 Å². The molecule has 1 heterocycles. The molecule has 1 atom stereocenters. The van der Waals surface area contributed by atoms with Crippen molar-refractivity contribution in [1.29, 1.82) is 0 Å². The van der Waals surface area contributed by atoms with E-state index >= 15 is 0 Å². The monoisotopic (exact) mass is 323 g/mol. The lowest BCUT2D eigenvalue weighted by Gasteiger charge is -2.22. The Balaban J connectivity index is 2.26. The Labute approximate surface area is 130 Å². The van der Waals surface area contributed by atoms with Crippen molar-refractivity contribution in [1.82, 2.24) is 4.72 Å². The Morgan fingerprint density at radius 2 is 1.95 bits per heavy atom. The Kier molecular flexibility index (Phi) is 5.41. The zero-order valence-corrected chi connectivity index (χ0v) is 13.5. The van der Waals surface area contributed by atoms with Gasteiger partial charge in [-0.1, -0.05) is 18.2 Å². The summed E-state index contributed by atoms with van der Waals surface area (Å²) in [6.45, 7) is 1.51. The number of nitrogens with one attached hydrogen (secondary N) is 1. The maximum absolute atomic E-state index is 11.7.